The standard InChI is InChI=1S/C12H20N4O5/c1-2-4-14-21-10-7(6-17)20-11(9(10)18)16-5-3-8(13)15-12(16)19/h3,5,7,9-11,14,17-18H,2,4,6H2,1H3,(H2,13,15,19)/t7-,9-,10-,11-/m1/s1. The Morgan fingerprint density at radius 2 is 2.38 bits per heavy atom. The van der Waals surface area contributed by atoms with E-state index in [9.17, 15) is 15.0 Å². The van der Waals surface area contributed by atoms with Crippen molar-refractivity contribution in [3.8, 4) is 0 Å². The van der Waals surface area contributed by atoms with E-state index < -0.39 is 30.2 Å². The van der Waals surface area contributed by atoms with Gasteiger partial charge in [-0.1, -0.05) is 6.92 Å². The number of aliphatic hydroxyl groups excluding tert-OH is 2. The quantitative estimate of drug-likeness (QED) is 0.364. The van der Waals surface area contributed by atoms with Crippen LogP contribution in [0.25, 0.3) is 0 Å². The zero-order chi connectivity index (χ0) is 15.4. The van der Waals surface area contributed by atoms with Crippen molar-refractivity contribution in [2.75, 3.05) is 18.9 Å². The van der Waals surface area contributed by atoms with Gasteiger partial charge in [0, 0.05) is 12.7 Å². The third kappa shape index (κ3) is 3.39. The second-order valence-corrected chi connectivity index (χ2v) is 4.76. The van der Waals surface area contributed by atoms with Crippen LogP contribution in [0.5, 0.6) is 0 Å². The number of hydrogen-bond acceptors (Lipinski definition) is 8. The number of hydroxylamine groups is 1. The molecule has 1 saturated heterocycles. The fraction of sp³-hybridized carbons (Fsp3) is 0.667. The van der Waals surface area contributed by atoms with E-state index in [1.54, 1.807) is 0 Å². The Kier molecular flexibility index (Phi) is 5.26. The molecule has 1 fully saturated rings. The van der Waals surface area contributed by atoms with Crippen LogP contribution in [0.3, 0.4) is 0 Å². The molecule has 2 rings (SSSR count). The predicted molar refractivity (Wildman–Crippen MR) is 73.1 cm³/mol. The van der Waals surface area contributed by atoms with Crippen molar-refractivity contribution in [1.82, 2.24) is 15.0 Å². The normalized spacial score (nSPS) is 28.9. The Bertz CT molecular complexity index is 523. The molecule has 0 unspecified atom stereocenters. The molecule has 0 spiro atoms. The molecule has 1 aliphatic heterocycles. The van der Waals surface area contributed by atoms with Gasteiger partial charge >= 0.3 is 5.69 Å². The van der Waals surface area contributed by atoms with Gasteiger partial charge in [-0.05, 0) is 12.5 Å². The van der Waals surface area contributed by atoms with Crippen LogP contribution >= 0.6 is 0 Å². The number of aromatic nitrogens is 2. The van der Waals surface area contributed by atoms with Crippen molar-refractivity contribution in [2.24, 2.45) is 0 Å². The molecular formula is C12H20N4O5. The highest BCUT2D eigenvalue weighted by atomic mass is 16.7. The van der Waals surface area contributed by atoms with Gasteiger partial charge in [0.25, 0.3) is 0 Å². The molecule has 0 radical (unpaired) electrons. The van der Waals surface area contributed by atoms with Crippen LogP contribution in [-0.4, -0.2) is 51.2 Å². The van der Waals surface area contributed by atoms with Gasteiger partial charge in [-0.3, -0.25) is 9.40 Å². The van der Waals surface area contributed by atoms with Crippen molar-refractivity contribution in [3.05, 3.63) is 22.7 Å². The van der Waals surface area contributed by atoms with Crippen LogP contribution in [0.4, 0.5) is 5.82 Å². The molecule has 21 heavy (non-hydrogen) atoms. The van der Waals surface area contributed by atoms with E-state index in [1.165, 1.54) is 12.3 Å². The Morgan fingerprint density at radius 3 is 3.00 bits per heavy atom. The van der Waals surface area contributed by atoms with Crippen molar-refractivity contribution in [3.63, 3.8) is 0 Å². The molecule has 9 nitrogen and oxygen atoms in total. The van der Waals surface area contributed by atoms with Crippen molar-refractivity contribution >= 4 is 5.82 Å². The van der Waals surface area contributed by atoms with E-state index in [4.69, 9.17) is 15.3 Å². The van der Waals surface area contributed by atoms with E-state index in [0.29, 0.717) is 6.54 Å². The fourth-order valence-corrected chi connectivity index (χ4v) is 2.12. The van der Waals surface area contributed by atoms with Crippen LogP contribution < -0.4 is 16.9 Å². The lowest BCUT2D eigenvalue weighted by atomic mass is 10.1. The van der Waals surface area contributed by atoms with E-state index in [1.807, 2.05) is 6.92 Å². The van der Waals surface area contributed by atoms with Gasteiger partial charge in [-0.25, -0.2) is 10.3 Å². The first-order chi connectivity index (χ1) is 10.1. The number of nitrogens with one attached hydrogen (secondary N) is 1. The fourth-order valence-electron chi connectivity index (χ4n) is 2.12. The van der Waals surface area contributed by atoms with Gasteiger partial charge in [0.15, 0.2) is 6.23 Å². The summed E-state index contributed by atoms with van der Waals surface area (Å²) in [7, 11) is 0. The first-order valence-corrected chi connectivity index (χ1v) is 6.76. The topological polar surface area (TPSA) is 132 Å². The minimum absolute atomic E-state index is 0.0832. The number of nitrogen functional groups attached to an aromatic ring is 1. The average molecular weight is 300 g/mol. The number of rotatable bonds is 6. The van der Waals surface area contributed by atoms with Crippen LogP contribution in [0.15, 0.2) is 17.1 Å². The highest BCUT2D eigenvalue weighted by Gasteiger charge is 2.46. The summed E-state index contributed by atoms with van der Waals surface area (Å²) in [5.74, 6) is 0.0832. The van der Waals surface area contributed by atoms with Crippen LogP contribution in [0.2, 0.25) is 0 Å². The van der Waals surface area contributed by atoms with E-state index in [0.717, 1.165) is 11.0 Å². The van der Waals surface area contributed by atoms with Gasteiger partial charge in [0.2, 0.25) is 0 Å². The number of ether oxygens (including phenoxy) is 1. The summed E-state index contributed by atoms with van der Waals surface area (Å²) in [5.41, 5.74) is 7.47. The Hall–Kier alpha value is -1.52. The third-order valence-corrected chi connectivity index (χ3v) is 3.19. The van der Waals surface area contributed by atoms with Gasteiger partial charge < -0.3 is 20.7 Å². The van der Waals surface area contributed by atoms with Gasteiger partial charge in [0.05, 0.1) is 6.61 Å². The minimum Gasteiger partial charge on any atom is -0.394 e. The summed E-state index contributed by atoms with van der Waals surface area (Å²) in [6, 6.07) is 1.43. The Labute approximate surface area is 121 Å². The van der Waals surface area contributed by atoms with Crippen LogP contribution in [0, 0.1) is 0 Å². The summed E-state index contributed by atoms with van der Waals surface area (Å²) >= 11 is 0. The van der Waals surface area contributed by atoms with Crippen molar-refractivity contribution in [2.45, 2.75) is 37.9 Å². The maximum absolute atomic E-state index is 11.8. The minimum atomic E-state index is -1.13. The van der Waals surface area contributed by atoms with Gasteiger partial charge in [-0.15, -0.1) is 0 Å². The third-order valence-electron chi connectivity index (χ3n) is 3.19. The van der Waals surface area contributed by atoms with Crippen molar-refractivity contribution in [1.29, 1.82) is 0 Å². The van der Waals surface area contributed by atoms with Gasteiger partial charge in [-0.2, -0.15) is 4.98 Å². The molecule has 5 N–H and O–H groups in total. The summed E-state index contributed by atoms with van der Waals surface area (Å²) in [6.45, 7) is 2.21. The second-order valence-electron chi connectivity index (χ2n) is 4.76. The molecule has 9 heteroatoms. The first kappa shape index (κ1) is 15.9. The summed E-state index contributed by atoms with van der Waals surface area (Å²) in [5, 5.41) is 19.6. The van der Waals surface area contributed by atoms with Crippen LogP contribution in [-0.2, 0) is 9.57 Å². The molecule has 2 heterocycles. The van der Waals surface area contributed by atoms with E-state index in [-0.39, 0.29) is 12.4 Å². The van der Waals surface area contributed by atoms with Gasteiger partial charge in [0.1, 0.15) is 24.1 Å². The molecule has 1 aromatic heterocycles. The lowest BCUT2D eigenvalue weighted by Crippen LogP contribution is -2.41. The highest BCUT2D eigenvalue weighted by molar-refractivity contribution is 5.23. The molecule has 0 amide bonds. The maximum atomic E-state index is 11.8. The molecule has 1 aliphatic rings. The smallest absolute Gasteiger partial charge is 0.351 e. The van der Waals surface area contributed by atoms with Crippen LogP contribution in [0.1, 0.15) is 19.6 Å². The lowest BCUT2D eigenvalue weighted by molar-refractivity contribution is -0.0980. The van der Waals surface area contributed by atoms with Crippen molar-refractivity contribution < 1.29 is 19.8 Å². The number of nitrogens with two attached hydrogens (primary N) is 1. The molecule has 118 valence electrons. The monoisotopic (exact) mass is 300 g/mol. The SMILES string of the molecule is CCCNO[C@H]1[C@@H](O)[C@H](n2ccc(N)nc2=O)O[C@@H]1CO. The molecule has 0 aromatic carbocycles. The molecule has 0 bridgehead atoms. The first-order valence-electron chi connectivity index (χ1n) is 6.76. The summed E-state index contributed by atoms with van der Waals surface area (Å²) in [6.07, 6.45) is -1.44. The molecule has 0 saturated carbocycles. The Balaban J connectivity index is 2.16. The number of anilines is 1. The second kappa shape index (κ2) is 6.96. The highest BCUT2D eigenvalue weighted by Crippen LogP contribution is 2.29. The number of nitrogens with zero attached hydrogens (tertiary/aromatic N) is 2. The van der Waals surface area contributed by atoms with E-state index >= 15 is 0 Å². The maximum Gasteiger partial charge on any atom is 0.351 e. The largest absolute Gasteiger partial charge is 0.394 e. The average Bonchev–Trinajstić information content (AvgIpc) is 2.76. The lowest BCUT2D eigenvalue weighted by Gasteiger charge is -2.19. The number of hydrogen-bond donors (Lipinski definition) is 4. The molecule has 4 atom stereocenters. The summed E-state index contributed by atoms with van der Waals surface area (Å²) < 4.78 is 6.61. The summed E-state index contributed by atoms with van der Waals surface area (Å²) in [4.78, 5) is 20.7. The molecule has 1 aromatic rings. The molecule has 0 aliphatic carbocycles. The Morgan fingerprint density at radius 1 is 1.62 bits per heavy atom. The zero-order valence-electron chi connectivity index (χ0n) is 11.7. The predicted octanol–water partition coefficient (Wildman–Crippen LogP) is -1.62. The van der Waals surface area contributed by atoms with E-state index in [2.05, 4.69) is 10.5 Å². The number of aliphatic hydroxyl groups is 2. The molecular weight excluding hydrogens is 280 g/mol. The zero-order valence-corrected chi connectivity index (χ0v) is 11.7.